The first-order chi connectivity index (χ1) is 8.81. The average Bonchev–Trinajstić information content (AvgIpc) is 3.21. The molecule has 98 valence electrons. The van der Waals surface area contributed by atoms with Gasteiger partial charge in [-0.1, -0.05) is 11.6 Å². The molecule has 5 nitrogen and oxygen atoms in total. The van der Waals surface area contributed by atoms with Gasteiger partial charge in [0.05, 0.1) is 25.1 Å². The molecule has 2 heterocycles. The number of aromatic nitrogens is 2. The van der Waals surface area contributed by atoms with E-state index < -0.39 is 0 Å². The lowest BCUT2D eigenvalue weighted by Gasteiger charge is -2.33. The number of morpholine rings is 1. The summed E-state index contributed by atoms with van der Waals surface area (Å²) >= 11 is 5.79. The summed E-state index contributed by atoms with van der Waals surface area (Å²) in [6, 6.07) is 0.808. The van der Waals surface area contributed by atoms with Crippen molar-refractivity contribution < 1.29 is 4.74 Å². The first-order valence-corrected chi connectivity index (χ1v) is 6.76. The van der Waals surface area contributed by atoms with Crippen molar-refractivity contribution in [3.63, 3.8) is 0 Å². The Hall–Kier alpha value is -0.910. The summed E-state index contributed by atoms with van der Waals surface area (Å²) in [5.74, 6) is 0.703. The van der Waals surface area contributed by atoms with Crippen molar-refractivity contribution in [1.82, 2.24) is 14.9 Å². The van der Waals surface area contributed by atoms with Crippen LogP contribution in [0.2, 0.25) is 5.15 Å². The van der Waals surface area contributed by atoms with Crippen molar-refractivity contribution in [1.29, 1.82) is 0 Å². The monoisotopic (exact) mass is 268 g/mol. The largest absolute Gasteiger partial charge is 0.374 e. The Morgan fingerprint density at radius 3 is 3.11 bits per heavy atom. The summed E-state index contributed by atoms with van der Waals surface area (Å²) in [4.78, 5) is 10.7. The number of hydrogen-bond donors (Lipinski definition) is 1. The Morgan fingerprint density at radius 2 is 2.33 bits per heavy atom. The molecule has 2 aliphatic rings. The third-order valence-electron chi connectivity index (χ3n) is 3.35. The van der Waals surface area contributed by atoms with E-state index in [2.05, 4.69) is 20.2 Å². The summed E-state index contributed by atoms with van der Waals surface area (Å²) in [6.45, 7) is 3.64. The summed E-state index contributed by atoms with van der Waals surface area (Å²) in [5, 5.41) is 3.63. The third kappa shape index (κ3) is 3.10. The van der Waals surface area contributed by atoms with E-state index in [0.29, 0.717) is 11.0 Å². The molecule has 1 saturated heterocycles. The van der Waals surface area contributed by atoms with Crippen molar-refractivity contribution in [2.24, 2.45) is 0 Å². The zero-order valence-corrected chi connectivity index (χ0v) is 10.9. The number of nitrogens with one attached hydrogen (secondary N) is 1. The highest BCUT2D eigenvalue weighted by Gasteiger charge is 2.32. The maximum atomic E-state index is 5.79. The van der Waals surface area contributed by atoms with E-state index in [-0.39, 0.29) is 6.10 Å². The summed E-state index contributed by atoms with van der Waals surface area (Å²) in [5.41, 5.74) is 0. The maximum Gasteiger partial charge on any atom is 0.149 e. The van der Waals surface area contributed by atoms with Gasteiger partial charge in [0.15, 0.2) is 0 Å². The van der Waals surface area contributed by atoms with Crippen LogP contribution in [0.25, 0.3) is 0 Å². The lowest BCUT2D eigenvalue weighted by Crippen LogP contribution is -2.46. The number of rotatable bonds is 4. The fraction of sp³-hybridized carbons (Fsp3) is 0.667. The second-order valence-corrected chi connectivity index (χ2v) is 5.21. The van der Waals surface area contributed by atoms with E-state index in [9.17, 15) is 0 Å². The van der Waals surface area contributed by atoms with Crippen molar-refractivity contribution in [3.05, 3.63) is 17.5 Å². The molecule has 1 atom stereocenters. The number of ether oxygens (including phenoxy) is 1. The van der Waals surface area contributed by atoms with Crippen LogP contribution in [0.4, 0.5) is 5.82 Å². The van der Waals surface area contributed by atoms with Gasteiger partial charge in [-0.3, -0.25) is 9.88 Å². The summed E-state index contributed by atoms with van der Waals surface area (Å²) in [7, 11) is 0. The standard InChI is InChI=1S/C12H17ClN4O/c13-11-6-14-7-12(16-11)15-5-10-8-17(3-4-18-10)9-1-2-9/h6-7,9-10H,1-5,8H2,(H,15,16)/t10-/m1/s1. The van der Waals surface area contributed by atoms with E-state index in [0.717, 1.165) is 32.3 Å². The zero-order valence-electron chi connectivity index (χ0n) is 10.2. The molecule has 1 N–H and O–H groups in total. The Labute approximate surface area is 112 Å². The lowest BCUT2D eigenvalue weighted by molar-refractivity contribution is -0.0241. The van der Waals surface area contributed by atoms with Gasteiger partial charge in [-0.2, -0.15) is 0 Å². The lowest BCUT2D eigenvalue weighted by atomic mass is 10.2. The predicted molar refractivity (Wildman–Crippen MR) is 69.9 cm³/mol. The molecular weight excluding hydrogens is 252 g/mol. The van der Waals surface area contributed by atoms with E-state index in [4.69, 9.17) is 16.3 Å². The van der Waals surface area contributed by atoms with Gasteiger partial charge in [0.2, 0.25) is 0 Å². The molecule has 0 aromatic carbocycles. The molecule has 0 unspecified atom stereocenters. The minimum absolute atomic E-state index is 0.222. The van der Waals surface area contributed by atoms with E-state index >= 15 is 0 Å². The second kappa shape index (κ2) is 5.38. The molecule has 1 aromatic heterocycles. The minimum atomic E-state index is 0.222. The van der Waals surface area contributed by atoms with E-state index in [1.807, 2.05) is 0 Å². The van der Waals surface area contributed by atoms with Crippen LogP contribution in [0.5, 0.6) is 0 Å². The number of halogens is 1. The Bertz CT molecular complexity index is 413. The SMILES string of the molecule is Clc1cncc(NC[C@@H]2CN(C3CC3)CCO2)n1. The molecule has 0 radical (unpaired) electrons. The van der Waals surface area contributed by atoms with Gasteiger partial charge < -0.3 is 10.1 Å². The highest BCUT2D eigenvalue weighted by molar-refractivity contribution is 6.29. The van der Waals surface area contributed by atoms with Crippen molar-refractivity contribution in [2.45, 2.75) is 25.0 Å². The van der Waals surface area contributed by atoms with Crippen LogP contribution in [0.3, 0.4) is 0 Å². The van der Waals surface area contributed by atoms with Crippen LogP contribution in [0.1, 0.15) is 12.8 Å². The number of nitrogens with zero attached hydrogens (tertiary/aromatic N) is 3. The topological polar surface area (TPSA) is 50.3 Å². The number of anilines is 1. The van der Waals surface area contributed by atoms with Gasteiger partial charge in [-0.15, -0.1) is 0 Å². The summed E-state index contributed by atoms with van der Waals surface area (Å²) < 4.78 is 5.75. The molecule has 0 amide bonds. The fourth-order valence-electron chi connectivity index (χ4n) is 2.28. The molecule has 1 saturated carbocycles. The maximum absolute atomic E-state index is 5.79. The zero-order chi connectivity index (χ0) is 12.4. The first kappa shape index (κ1) is 12.1. The van der Waals surface area contributed by atoms with Crippen LogP contribution in [-0.4, -0.2) is 53.3 Å². The van der Waals surface area contributed by atoms with E-state index in [1.54, 1.807) is 6.20 Å². The van der Waals surface area contributed by atoms with Crippen molar-refractivity contribution in [2.75, 3.05) is 31.6 Å². The Morgan fingerprint density at radius 1 is 1.44 bits per heavy atom. The van der Waals surface area contributed by atoms with Crippen molar-refractivity contribution in [3.8, 4) is 0 Å². The van der Waals surface area contributed by atoms with Gasteiger partial charge in [-0.25, -0.2) is 4.98 Å². The molecule has 18 heavy (non-hydrogen) atoms. The van der Waals surface area contributed by atoms with Gasteiger partial charge in [0, 0.05) is 25.7 Å². The second-order valence-electron chi connectivity index (χ2n) is 4.83. The Balaban J connectivity index is 1.50. The van der Waals surface area contributed by atoms with Crippen LogP contribution >= 0.6 is 11.6 Å². The molecule has 3 rings (SSSR count). The van der Waals surface area contributed by atoms with Gasteiger partial charge in [-0.05, 0) is 12.8 Å². The van der Waals surface area contributed by atoms with Crippen molar-refractivity contribution >= 4 is 17.4 Å². The Kier molecular flexibility index (Phi) is 3.63. The number of hydrogen-bond acceptors (Lipinski definition) is 5. The quantitative estimate of drug-likeness (QED) is 0.895. The highest BCUT2D eigenvalue weighted by Crippen LogP contribution is 2.28. The first-order valence-electron chi connectivity index (χ1n) is 6.38. The molecule has 1 aliphatic heterocycles. The normalized spacial score (nSPS) is 25.1. The minimum Gasteiger partial charge on any atom is -0.374 e. The average molecular weight is 269 g/mol. The molecular formula is C12H17ClN4O. The van der Waals surface area contributed by atoms with Crippen LogP contribution in [-0.2, 0) is 4.74 Å². The molecule has 1 aliphatic carbocycles. The molecule has 0 spiro atoms. The predicted octanol–water partition coefficient (Wildman–Crippen LogP) is 1.41. The van der Waals surface area contributed by atoms with Crippen LogP contribution in [0.15, 0.2) is 12.4 Å². The van der Waals surface area contributed by atoms with Gasteiger partial charge in [0.1, 0.15) is 11.0 Å². The fourth-order valence-corrected chi connectivity index (χ4v) is 2.43. The summed E-state index contributed by atoms with van der Waals surface area (Å²) in [6.07, 6.45) is 6.12. The van der Waals surface area contributed by atoms with Gasteiger partial charge in [0.25, 0.3) is 0 Å². The molecule has 2 fully saturated rings. The van der Waals surface area contributed by atoms with Crippen LogP contribution < -0.4 is 5.32 Å². The molecule has 1 aromatic rings. The van der Waals surface area contributed by atoms with Gasteiger partial charge >= 0.3 is 0 Å². The molecule has 6 heteroatoms. The van der Waals surface area contributed by atoms with Crippen LogP contribution in [0, 0.1) is 0 Å². The third-order valence-corrected chi connectivity index (χ3v) is 3.53. The molecule has 0 bridgehead atoms. The highest BCUT2D eigenvalue weighted by atomic mass is 35.5. The smallest absolute Gasteiger partial charge is 0.149 e. The van der Waals surface area contributed by atoms with E-state index in [1.165, 1.54) is 19.0 Å².